The summed E-state index contributed by atoms with van der Waals surface area (Å²) >= 11 is 0. The lowest BCUT2D eigenvalue weighted by atomic mass is 10.0. The highest BCUT2D eigenvalue weighted by Crippen LogP contribution is 2.20. The van der Waals surface area contributed by atoms with Crippen molar-refractivity contribution in [1.82, 2.24) is 9.62 Å². The van der Waals surface area contributed by atoms with E-state index >= 15 is 0 Å². The van der Waals surface area contributed by atoms with Crippen molar-refractivity contribution in [3.63, 3.8) is 0 Å². The zero-order valence-electron chi connectivity index (χ0n) is 12.9. The Morgan fingerprint density at radius 1 is 1.19 bits per heavy atom. The summed E-state index contributed by atoms with van der Waals surface area (Å²) in [5.41, 5.74) is 1.10. The van der Waals surface area contributed by atoms with E-state index in [2.05, 4.69) is 12.2 Å². The Balaban J connectivity index is 2.04. The summed E-state index contributed by atoms with van der Waals surface area (Å²) in [6.07, 6.45) is 2.05. The van der Waals surface area contributed by atoms with Crippen molar-refractivity contribution < 1.29 is 13.2 Å². The van der Waals surface area contributed by atoms with Gasteiger partial charge in [0, 0.05) is 39.4 Å². The third-order valence-electron chi connectivity index (χ3n) is 3.87. The second-order valence-electron chi connectivity index (χ2n) is 5.63. The number of benzene rings is 1. The molecule has 0 bridgehead atoms. The third kappa shape index (κ3) is 4.03. The van der Waals surface area contributed by atoms with Crippen LogP contribution in [0.25, 0.3) is 0 Å². The lowest BCUT2D eigenvalue weighted by Crippen LogP contribution is -2.36. The molecule has 1 saturated heterocycles. The van der Waals surface area contributed by atoms with Gasteiger partial charge in [0.25, 0.3) is 0 Å². The minimum atomic E-state index is -3.35. The molecule has 1 aromatic carbocycles. The molecule has 1 aromatic rings. The van der Waals surface area contributed by atoms with Crippen LogP contribution < -0.4 is 5.32 Å². The molecule has 1 aliphatic rings. The van der Waals surface area contributed by atoms with Gasteiger partial charge < -0.3 is 10.1 Å². The predicted octanol–water partition coefficient (Wildman–Crippen LogP) is 1.77. The van der Waals surface area contributed by atoms with Crippen LogP contribution in [0.5, 0.6) is 0 Å². The van der Waals surface area contributed by atoms with Crippen molar-refractivity contribution in [2.75, 3.05) is 27.3 Å². The molecule has 0 spiro atoms. The fourth-order valence-corrected chi connectivity index (χ4v) is 3.35. The van der Waals surface area contributed by atoms with E-state index in [4.69, 9.17) is 4.74 Å². The second kappa shape index (κ2) is 6.87. The molecule has 6 heteroatoms. The van der Waals surface area contributed by atoms with Gasteiger partial charge in [-0.1, -0.05) is 12.1 Å². The summed E-state index contributed by atoms with van der Waals surface area (Å²) in [7, 11) is -0.270. The predicted molar refractivity (Wildman–Crippen MR) is 82.7 cm³/mol. The van der Waals surface area contributed by atoms with Crippen LogP contribution in [0.1, 0.15) is 31.4 Å². The normalized spacial score (nSPS) is 18.9. The molecule has 0 radical (unpaired) electrons. The Morgan fingerprint density at radius 2 is 1.76 bits per heavy atom. The monoisotopic (exact) mass is 312 g/mol. The van der Waals surface area contributed by atoms with Gasteiger partial charge in [-0.2, -0.15) is 0 Å². The van der Waals surface area contributed by atoms with Crippen molar-refractivity contribution in [3.8, 4) is 0 Å². The molecule has 1 aliphatic heterocycles. The first-order valence-electron chi connectivity index (χ1n) is 7.27. The van der Waals surface area contributed by atoms with Crippen LogP contribution in [0.2, 0.25) is 0 Å². The summed E-state index contributed by atoms with van der Waals surface area (Å²) in [4.78, 5) is 0.328. The first-order chi connectivity index (χ1) is 9.91. The molecule has 1 N–H and O–H groups in total. The summed E-state index contributed by atoms with van der Waals surface area (Å²) in [5.74, 6) is 0. The van der Waals surface area contributed by atoms with Gasteiger partial charge in [0.15, 0.2) is 0 Å². The van der Waals surface area contributed by atoms with E-state index in [1.165, 1.54) is 4.31 Å². The number of rotatable bonds is 5. The summed E-state index contributed by atoms with van der Waals surface area (Å²) in [6.45, 7) is 3.72. The maximum Gasteiger partial charge on any atom is 0.242 e. The molecule has 1 heterocycles. The van der Waals surface area contributed by atoms with Crippen LogP contribution in [0, 0.1) is 0 Å². The van der Waals surface area contributed by atoms with Crippen LogP contribution >= 0.6 is 0 Å². The molecule has 1 unspecified atom stereocenters. The Bertz CT molecular complexity index is 549. The Morgan fingerprint density at radius 3 is 2.29 bits per heavy atom. The molecule has 118 valence electrons. The summed E-state index contributed by atoms with van der Waals surface area (Å²) in [5, 5.41) is 3.58. The first-order valence-corrected chi connectivity index (χ1v) is 8.71. The van der Waals surface area contributed by atoms with E-state index in [1.807, 2.05) is 12.1 Å². The second-order valence-corrected chi connectivity index (χ2v) is 7.78. The summed E-state index contributed by atoms with van der Waals surface area (Å²) in [6, 6.07) is 7.78. The van der Waals surface area contributed by atoms with Gasteiger partial charge in [-0.25, -0.2) is 12.7 Å². The van der Waals surface area contributed by atoms with Crippen molar-refractivity contribution >= 4 is 10.0 Å². The maximum atomic E-state index is 12.0. The lowest BCUT2D eigenvalue weighted by Gasteiger charge is -2.27. The maximum absolute atomic E-state index is 12.0. The fraction of sp³-hybridized carbons (Fsp3) is 0.600. The quantitative estimate of drug-likeness (QED) is 0.900. The van der Waals surface area contributed by atoms with Gasteiger partial charge in [0.2, 0.25) is 10.0 Å². The van der Waals surface area contributed by atoms with Crippen molar-refractivity contribution in [2.24, 2.45) is 0 Å². The number of nitrogens with zero attached hydrogens (tertiary/aromatic N) is 1. The molecular weight excluding hydrogens is 288 g/mol. The largest absolute Gasteiger partial charge is 0.381 e. The number of nitrogens with one attached hydrogen (secondary N) is 1. The SMILES string of the molecule is CC(NC1CCOCC1)c1ccc(S(=O)(=O)N(C)C)cc1. The number of hydrogen-bond acceptors (Lipinski definition) is 4. The minimum Gasteiger partial charge on any atom is -0.381 e. The zero-order chi connectivity index (χ0) is 15.5. The van der Waals surface area contributed by atoms with E-state index < -0.39 is 10.0 Å². The van der Waals surface area contributed by atoms with E-state index in [0.29, 0.717) is 10.9 Å². The first kappa shape index (κ1) is 16.4. The zero-order valence-corrected chi connectivity index (χ0v) is 13.7. The van der Waals surface area contributed by atoms with Crippen molar-refractivity contribution in [3.05, 3.63) is 29.8 Å². The highest BCUT2D eigenvalue weighted by Gasteiger charge is 2.19. The van der Waals surface area contributed by atoms with Gasteiger partial charge in [0.05, 0.1) is 4.90 Å². The van der Waals surface area contributed by atoms with Crippen LogP contribution in [0.15, 0.2) is 29.2 Å². The van der Waals surface area contributed by atoms with E-state index in [9.17, 15) is 8.42 Å². The fourth-order valence-electron chi connectivity index (χ4n) is 2.45. The Hall–Kier alpha value is -0.950. The Kier molecular flexibility index (Phi) is 5.37. The van der Waals surface area contributed by atoms with E-state index in [0.717, 1.165) is 31.6 Å². The average molecular weight is 312 g/mol. The minimum absolute atomic E-state index is 0.198. The van der Waals surface area contributed by atoms with Crippen molar-refractivity contribution in [1.29, 1.82) is 0 Å². The van der Waals surface area contributed by atoms with Gasteiger partial charge >= 0.3 is 0 Å². The molecule has 0 amide bonds. The average Bonchev–Trinajstić information content (AvgIpc) is 2.48. The van der Waals surface area contributed by atoms with E-state index in [-0.39, 0.29) is 6.04 Å². The molecule has 21 heavy (non-hydrogen) atoms. The molecule has 1 fully saturated rings. The van der Waals surface area contributed by atoms with Crippen LogP contribution in [0.3, 0.4) is 0 Å². The third-order valence-corrected chi connectivity index (χ3v) is 5.69. The number of ether oxygens (including phenoxy) is 1. The standard InChI is InChI=1S/C15H24N2O3S/c1-12(16-14-8-10-20-11-9-14)13-4-6-15(7-5-13)21(18,19)17(2)3/h4-7,12,14,16H,8-11H2,1-3H3. The van der Waals surface area contributed by atoms with Gasteiger partial charge in [-0.05, 0) is 37.5 Å². The lowest BCUT2D eigenvalue weighted by molar-refractivity contribution is 0.0754. The van der Waals surface area contributed by atoms with Crippen LogP contribution in [0.4, 0.5) is 0 Å². The summed E-state index contributed by atoms with van der Waals surface area (Å²) < 4.78 is 30.6. The van der Waals surface area contributed by atoms with Gasteiger partial charge in [-0.15, -0.1) is 0 Å². The molecular formula is C15H24N2O3S. The molecule has 0 aromatic heterocycles. The Labute approximate surface area is 127 Å². The van der Waals surface area contributed by atoms with Gasteiger partial charge in [-0.3, -0.25) is 0 Å². The molecule has 0 saturated carbocycles. The topological polar surface area (TPSA) is 58.6 Å². The van der Waals surface area contributed by atoms with Crippen molar-refractivity contribution in [2.45, 2.75) is 36.7 Å². The van der Waals surface area contributed by atoms with Crippen LogP contribution in [-0.2, 0) is 14.8 Å². The highest BCUT2D eigenvalue weighted by molar-refractivity contribution is 7.89. The molecule has 5 nitrogen and oxygen atoms in total. The molecule has 0 aliphatic carbocycles. The number of hydrogen-bond donors (Lipinski definition) is 1. The highest BCUT2D eigenvalue weighted by atomic mass is 32.2. The molecule has 2 rings (SSSR count). The van der Waals surface area contributed by atoms with E-state index in [1.54, 1.807) is 26.2 Å². The molecule has 1 atom stereocenters. The smallest absolute Gasteiger partial charge is 0.242 e. The number of sulfonamides is 1. The van der Waals surface area contributed by atoms with Crippen LogP contribution in [-0.4, -0.2) is 46.1 Å². The van der Waals surface area contributed by atoms with Gasteiger partial charge in [0.1, 0.15) is 0 Å².